The van der Waals surface area contributed by atoms with E-state index in [1.807, 2.05) is 53.4 Å². The van der Waals surface area contributed by atoms with Crippen molar-refractivity contribution in [2.75, 3.05) is 31.1 Å². The second-order valence-corrected chi connectivity index (χ2v) is 6.93. The van der Waals surface area contributed by atoms with Crippen LogP contribution in [0, 0.1) is 0 Å². The highest BCUT2D eigenvalue weighted by Crippen LogP contribution is 2.19. The Bertz CT molecular complexity index is 1130. The summed E-state index contributed by atoms with van der Waals surface area (Å²) >= 11 is 0. The van der Waals surface area contributed by atoms with Crippen LogP contribution >= 0.6 is 0 Å². The molecule has 2 aromatic heterocycles. The van der Waals surface area contributed by atoms with Crippen LogP contribution in [-0.2, 0) is 0 Å². The van der Waals surface area contributed by atoms with E-state index >= 15 is 0 Å². The van der Waals surface area contributed by atoms with Gasteiger partial charge in [0, 0.05) is 31.7 Å². The maximum Gasteiger partial charge on any atom is 0.253 e. The molecule has 0 saturated carbocycles. The first-order chi connectivity index (χ1) is 14.3. The minimum atomic E-state index is 0.0722. The molecule has 5 rings (SSSR count). The highest BCUT2D eigenvalue weighted by atomic mass is 16.2. The molecular weight excluding hydrogens is 366 g/mol. The largest absolute Gasteiger partial charge is 0.352 e. The summed E-state index contributed by atoms with van der Waals surface area (Å²) in [5.41, 5.74) is 0.731. The lowest BCUT2D eigenvalue weighted by Crippen LogP contribution is -2.49. The van der Waals surface area contributed by atoms with Gasteiger partial charge < -0.3 is 9.80 Å². The number of nitrogens with zero attached hydrogens (tertiary/aromatic N) is 7. The fourth-order valence-electron chi connectivity index (χ4n) is 3.58. The van der Waals surface area contributed by atoms with Crippen LogP contribution in [0.25, 0.3) is 16.6 Å². The van der Waals surface area contributed by atoms with Gasteiger partial charge in [-0.15, -0.1) is 10.2 Å². The summed E-state index contributed by atoms with van der Waals surface area (Å²) in [7, 11) is 0. The number of hydrogen-bond donors (Lipinski definition) is 0. The highest BCUT2D eigenvalue weighted by Gasteiger charge is 2.23. The predicted molar refractivity (Wildman–Crippen MR) is 109 cm³/mol. The Kier molecular flexibility index (Phi) is 4.36. The van der Waals surface area contributed by atoms with Gasteiger partial charge >= 0.3 is 0 Å². The van der Waals surface area contributed by atoms with E-state index in [1.165, 1.54) is 6.33 Å². The average molecular weight is 385 g/mol. The fourth-order valence-corrected chi connectivity index (χ4v) is 3.58. The van der Waals surface area contributed by atoms with Gasteiger partial charge in [-0.05, 0) is 35.0 Å². The van der Waals surface area contributed by atoms with E-state index in [9.17, 15) is 4.79 Å². The molecule has 1 amide bonds. The zero-order valence-corrected chi connectivity index (χ0v) is 15.7. The number of benzene rings is 2. The predicted octanol–water partition coefficient (Wildman–Crippen LogP) is 2.17. The number of aromatic nitrogens is 5. The first kappa shape index (κ1) is 17.3. The molecule has 0 spiro atoms. The molecule has 3 heterocycles. The van der Waals surface area contributed by atoms with E-state index < -0.39 is 0 Å². The summed E-state index contributed by atoms with van der Waals surface area (Å²) in [6.07, 6.45) is 3.04. The van der Waals surface area contributed by atoms with Crippen molar-refractivity contribution in [3.63, 3.8) is 0 Å². The highest BCUT2D eigenvalue weighted by molar-refractivity contribution is 5.98. The van der Waals surface area contributed by atoms with Gasteiger partial charge in [0.1, 0.15) is 12.7 Å². The Labute approximate surface area is 167 Å². The smallest absolute Gasteiger partial charge is 0.253 e. The van der Waals surface area contributed by atoms with E-state index in [0.717, 1.165) is 35.2 Å². The molecule has 0 radical (unpaired) electrons. The minimum absolute atomic E-state index is 0.0722. The van der Waals surface area contributed by atoms with Crippen molar-refractivity contribution in [2.45, 2.75) is 0 Å². The van der Waals surface area contributed by atoms with Crippen molar-refractivity contribution >= 4 is 22.5 Å². The number of amides is 1. The molecule has 1 aliphatic heterocycles. The van der Waals surface area contributed by atoms with Crippen LogP contribution in [0.1, 0.15) is 10.4 Å². The van der Waals surface area contributed by atoms with Crippen LogP contribution in [-0.4, -0.2) is 61.9 Å². The van der Waals surface area contributed by atoms with Crippen molar-refractivity contribution in [1.29, 1.82) is 0 Å². The summed E-state index contributed by atoms with van der Waals surface area (Å²) in [4.78, 5) is 20.9. The standard InChI is InChI=1S/C21H19N7O/c29-21(18-6-5-16-3-1-2-4-17(16)13-18)27-11-9-26(10-12-27)19-7-8-20(25-24-19)28-15-22-14-23-28/h1-8,13-15H,9-12H2. The molecule has 29 heavy (non-hydrogen) atoms. The van der Waals surface area contributed by atoms with E-state index in [0.29, 0.717) is 18.9 Å². The van der Waals surface area contributed by atoms with Gasteiger partial charge in [0.2, 0.25) is 0 Å². The van der Waals surface area contributed by atoms with Crippen LogP contribution in [0.15, 0.2) is 67.3 Å². The Hall–Kier alpha value is -3.81. The topological polar surface area (TPSA) is 80.0 Å². The summed E-state index contributed by atoms with van der Waals surface area (Å²) < 4.78 is 1.57. The van der Waals surface area contributed by atoms with Crippen molar-refractivity contribution in [3.8, 4) is 5.82 Å². The van der Waals surface area contributed by atoms with Crippen LogP contribution in [0.2, 0.25) is 0 Å². The quantitative estimate of drug-likeness (QED) is 0.538. The second-order valence-electron chi connectivity index (χ2n) is 6.93. The third-order valence-corrected chi connectivity index (χ3v) is 5.18. The fraction of sp³-hybridized carbons (Fsp3) is 0.190. The lowest BCUT2D eigenvalue weighted by molar-refractivity contribution is 0.0746. The molecule has 1 saturated heterocycles. The normalized spacial score (nSPS) is 14.3. The summed E-state index contributed by atoms with van der Waals surface area (Å²) in [6, 6.07) is 17.8. The molecular formula is C21H19N7O. The monoisotopic (exact) mass is 385 g/mol. The molecule has 8 nitrogen and oxygen atoms in total. The van der Waals surface area contributed by atoms with Gasteiger partial charge in [-0.2, -0.15) is 5.10 Å². The molecule has 0 unspecified atom stereocenters. The number of piperazine rings is 1. The first-order valence-electron chi connectivity index (χ1n) is 9.50. The van der Waals surface area contributed by atoms with Gasteiger partial charge in [0.15, 0.2) is 11.6 Å². The third-order valence-electron chi connectivity index (χ3n) is 5.18. The molecule has 0 bridgehead atoms. The Morgan fingerprint density at radius 1 is 0.828 bits per heavy atom. The summed E-state index contributed by atoms with van der Waals surface area (Å²) in [5.74, 6) is 1.49. The van der Waals surface area contributed by atoms with Gasteiger partial charge in [0.25, 0.3) is 5.91 Å². The van der Waals surface area contributed by atoms with E-state index in [-0.39, 0.29) is 5.91 Å². The lowest BCUT2D eigenvalue weighted by Gasteiger charge is -2.35. The van der Waals surface area contributed by atoms with Crippen molar-refractivity contribution < 1.29 is 4.79 Å². The second kappa shape index (κ2) is 7.31. The lowest BCUT2D eigenvalue weighted by atomic mass is 10.1. The number of carbonyl (C=O) groups is 1. The van der Waals surface area contributed by atoms with Crippen LogP contribution in [0.5, 0.6) is 0 Å². The van der Waals surface area contributed by atoms with Crippen molar-refractivity contribution in [1.82, 2.24) is 29.9 Å². The molecule has 8 heteroatoms. The molecule has 1 aliphatic rings. The van der Waals surface area contributed by atoms with Crippen LogP contribution < -0.4 is 4.90 Å². The Morgan fingerprint density at radius 3 is 2.31 bits per heavy atom. The molecule has 144 valence electrons. The number of anilines is 1. The maximum absolute atomic E-state index is 12.9. The SMILES string of the molecule is O=C(c1ccc2ccccc2c1)N1CCN(c2ccc(-n3cncn3)nn2)CC1. The van der Waals surface area contributed by atoms with Crippen molar-refractivity contribution in [3.05, 3.63) is 72.8 Å². The van der Waals surface area contributed by atoms with Crippen LogP contribution in [0.3, 0.4) is 0 Å². The van der Waals surface area contributed by atoms with E-state index in [4.69, 9.17) is 0 Å². The van der Waals surface area contributed by atoms with E-state index in [1.54, 1.807) is 11.0 Å². The maximum atomic E-state index is 12.9. The summed E-state index contributed by atoms with van der Waals surface area (Å²) in [5, 5.41) is 14.8. The van der Waals surface area contributed by atoms with Crippen molar-refractivity contribution in [2.24, 2.45) is 0 Å². The number of fused-ring (bicyclic) bond motifs is 1. The molecule has 0 aliphatic carbocycles. The van der Waals surface area contributed by atoms with Crippen LogP contribution in [0.4, 0.5) is 5.82 Å². The molecule has 1 fully saturated rings. The summed E-state index contributed by atoms with van der Waals surface area (Å²) in [6.45, 7) is 2.74. The van der Waals surface area contributed by atoms with E-state index in [2.05, 4.69) is 31.2 Å². The first-order valence-corrected chi connectivity index (χ1v) is 9.50. The van der Waals surface area contributed by atoms with Gasteiger partial charge in [0.05, 0.1) is 0 Å². The molecule has 0 N–H and O–H groups in total. The molecule has 4 aromatic rings. The number of carbonyl (C=O) groups excluding carboxylic acids is 1. The molecule has 0 atom stereocenters. The number of rotatable bonds is 3. The zero-order valence-electron chi connectivity index (χ0n) is 15.7. The zero-order chi connectivity index (χ0) is 19.6. The minimum Gasteiger partial charge on any atom is -0.352 e. The number of hydrogen-bond acceptors (Lipinski definition) is 6. The third kappa shape index (κ3) is 3.40. The van der Waals surface area contributed by atoms with Gasteiger partial charge in [-0.25, -0.2) is 9.67 Å². The Balaban J connectivity index is 1.25. The average Bonchev–Trinajstić information content (AvgIpc) is 3.33. The van der Waals surface area contributed by atoms with Gasteiger partial charge in [-0.3, -0.25) is 4.79 Å². The Morgan fingerprint density at radius 2 is 1.59 bits per heavy atom. The molecule has 2 aromatic carbocycles. The van der Waals surface area contributed by atoms with Gasteiger partial charge in [-0.1, -0.05) is 30.3 Å².